The van der Waals surface area contributed by atoms with Crippen molar-refractivity contribution < 1.29 is 9.84 Å². The summed E-state index contributed by atoms with van der Waals surface area (Å²) in [6, 6.07) is 2.21. The molecule has 1 fully saturated rings. The number of hydrogen-bond acceptors (Lipinski definition) is 2. The lowest BCUT2D eigenvalue weighted by Crippen LogP contribution is -2.11. The maximum Gasteiger partial charge on any atom is 0.0796 e. The summed E-state index contributed by atoms with van der Waals surface area (Å²) in [6.07, 6.45) is 4.09. The van der Waals surface area contributed by atoms with Gasteiger partial charge in [0.1, 0.15) is 0 Å². The van der Waals surface area contributed by atoms with Gasteiger partial charge in [-0.1, -0.05) is 6.07 Å². The number of ether oxygens (including phenoxy) is 1. The predicted octanol–water partition coefficient (Wildman–Crippen LogP) is 3.91. The highest BCUT2D eigenvalue weighted by Crippen LogP contribution is 2.31. The molecule has 0 radical (unpaired) electrons. The Morgan fingerprint density at radius 3 is 2.37 bits per heavy atom. The van der Waals surface area contributed by atoms with Crippen LogP contribution in [0.3, 0.4) is 0 Å². The van der Waals surface area contributed by atoms with Gasteiger partial charge in [-0.05, 0) is 81.2 Å². The monoisotopic (exact) mass is 262 g/mol. The standard InChI is InChI=1S/C17H26O2/c1-11-10-12(2)14(4)17(13(11)3)16(18)8-7-15-6-5-9-19-15/h10,15-16,18H,5-9H2,1-4H3. The molecule has 0 amide bonds. The lowest BCUT2D eigenvalue weighted by atomic mass is 9.89. The minimum Gasteiger partial charge on any atom is -0.388 e. The average molecular weight is 262 g/mol. The third-order valence-corrected chi connectivity index (χ3v) is 4.54. The Hall–Kier alpha value is -0.860. The molecule has 0 aliphatic carbocycles. The summed E-state index contributed by atoms with van der Waals surface area (Å²) in [5.74, 6) is 0. The van der Waals surface area contributed by atoms with Crippen molar-refractivity contribution in [1.82, 2.24) is 0 Å². The van der Waals surface area contributed by atoms with Crippen molar-refractivity contribution in [2.45, 2.75) is 65.6 Å². The molecule has 2 heteroatoms. The van der Waals surface area contributed by atoms with E-state index in [2.05, 4.69) is 33.8 Å². The van der Waals surface area contributed by atoms with E-state index in [9.17, 15) is 5.11 Å². The van der Waals surface area contributed by atoms with Gasteiger partial charge in [0, 0.05) is 6.61 Å². The second kappa shape index (κ2) is 6.06. The van der Waals surface area contributed by atoms with Gasteiger partial charge >= 0.3 is 0 Å². The van der Waals surface area contributed by atoms with Crippen molar-refractivity contribution in [3.8, 4) is 0 Å². The Kier molecular flexibility index (Phi) is 4.64. The SMILES string of the molecule is Cc1cc(C)c(C)c(C(O)CCC2CCCO2)c1C. The Morgan fingerprint density at radius 2 is 1.84 bits per heavy atom. The number of hydrogen-bond donors (Lipinski definition) is 1. The number of benzene rings is 1. The largest absolute Gasteiger partial charge is 0.388 e. The van der Waals surface area contributed by atoms with Crippen LogP contribution in [-0.4, -0.2) is 17.8 Å². The van der Waals surface area contributed by atoms with Crippen LogP contribution in [0.25, 0.3) is 0 Å². The van der Waals surface area contributed by atoms with Crippen LogP contribution in [-0.2, 0) is 4.74 Å². The van der Waals surface area contributed by atoms with Crippen molar-refractivity contribution >= 4 is 0 Å². The number of aliphatic hydroxyl groups is 1. The van der Waals surface area contributed by atoms with Crippen LogP contribution in [0.1, 0.15) is 59.6 Å². The zero-order valence-electron chi connectivity index (χ0n) is 12.6. The molecule has 0 aromatic heterocycles. The quantitative estimate of drug-likeness (QED) is 0.891. The summed E-state index contributed by atoms with van der Waals surface area (Å²) >= 11 is 0. The number of rotatable bonds is 4. The summed E-state index contributed by atoms with van der Waals surface area (Å²) in [7, 11) is 0. The second-order valence-electron chi connectivity index (χ2n) is 5.90. The van der Waals surface area contributed by atoms with Gasteiger partial charge in [-0.2, -0.15) is 0 Å². The Labute approximate surface area is 116 Å². The lowest BCUT2D eigenvalue weighted by Gasteiger charge is -2.21. The maximum absolute atomic E-state index is 10.5. The van der Waals surface area contributed by atoms with E-state index in [4.69, 9.17) is 4.74 Å². The maximum atomic E-state index is 10.5. The molecule has 2 atom stereocenters. The Balaban J connectivity index is 2.11. The molecule has 1 aromatic carbocycles. The first kappa shape index (κ1) is 14.5. The summed E-state index contributed by atoms with van der Waals surface area (Å²) < 4.78 is 5.64. The van der Waals surface area contributed by atoms with Crippen molar-refractivity contribution in [2.24, 2.45) is 0 Å². The molecule has 0 bridgehead atoms. The molecule has 2 rings (SSSR count). The molecule has 2 nitrogen and oxygen atoms in total. The van der Waals surface area contributed by atoms with Gasteiger partial charge in [-0.15, -0.1) is 0 Å². The number of aliphatic hydroxyl groups excluding tert-OH is 1. The van der Waals surface area contributed by atoms with Crippen LogP contribution in [0, 0.1) is 27.7 Å². The summed E-state index contributed by atoms with van der Waals surface area (Å²) in [5, 5.41) is 10.5. The molecular weight excluding hydrogens is 236 g/mol. The second-order valence-corrected chi connectivity index (χ2v) is 5.90. The van der Waals surface area contributed by atoms with Gasteiger partial charge < -0.3 is 9.84 Å². The zero-order chi connectivity index (χ0) is 14.0. The molecule has 0 spiro atoms. The Bertz CT molecular complexity index is 419. The molecule has 1 aromatic rings. The van der Waals surface area contributed by atoms with Crippen molar-refractivity contribution in [3.63, 3.8) is 0 Å². The first-order valence-corrected chi connectivity index (χ1v) is 7.37. The van der Waals surface area contributed by atoms with E-state index < -0.39 is 0 Å². The zero-order valence-corrected chi connectivity index (χ0v) is 12.6. The van der Waals surface area contributed by atoms with Crippen molar-refractivity contribution in [2.75, 3.05) is 6.61 Å². The third kappa shape index (κ3) is 3.18. The highest BCUT2D eigenvalue weighted by atomic mass is 16.5. The predicted molar refractivity (Wildman–Crippen MR) is 78.6 cm³/mol. The lowest BCUT2D eigenvalue weighted by molar-refractivity contribution is 0.0809. The number of aryl methyl sites for hydroxylation is 2. The van der Waals surface area contributed by atoms with Crippen LogP contribution in [0.2, 0.25) is 0 Å². The molecule has 1 heterocycles. The van der Waals surface area contributed by atoms with E-state index in [1.54, 1.807) is 0 Å². The molecule has 0 saturated carbocycles. The van der Waals surface area contributed by atoms with Gasteiger partial charge in [-0.3, -0.25) is 0 Å². The molecule has 2 unspecified atom stereocenters. The molecular formula is C17H26O2. The summed E-state index contributed by atoms with van der Waals surface area (Å²) in [6.45, 7) is 9.37. The first-order valence-electron chi connectivity index (χ1n) is 7.37. The molecule has 106 valence electrons. The molecule has 1 N–H and O–H groups in total. The molecule has 19 heavy (non-hydrogen) atoms. The normalized spacial score (nSPS) is 20.8. The highest BCUT2D eigenvalue weighted by molar-refractivity contribution is 5.45. The molecule has 1 aliphatic rings. The van der Waals surface area contributed by atoms with Crippen molar-refractivity contribution in [3.05, 3.63) is 33.9 Å². The van der Waals surface area contributed by atoms with E-state index in [-0.39, 0.29) is 6.10 Å². The fourth-order valence-corrected chi connectivity index (χ4v) is 3.11. The minimum atomic E-state index is -0.359. The molecule has 1 saturated heterocycles. The fourth-order valence-electron chi connectivity index (χ4n) is 3.11. The fraction of sp³-hybridized carbons (Fsp3) is 0.647. The van der Waals surface area contributed by atoms with E-state index in [1.165, 1.54) is 28.7 Å². The van der Waals surface area contributed by atoms with Gasteiger partial charge in [0.15, 0.2) is 0 Å². The topological polar surface area (TPSA) is 29.5 Å². The van der Waals surface area contributed by atoms with E-state index in [0.717, 1.165) is 31.4 Å². The summed E-state index contributed by atoms with van der Waals surface area (Å²) in [4.78, 5) is 0. The van der Waals surface area contributed by atoms with Gasteiger partial charge in [0.2, 0.25) is 0 Å². The van der Waals surface area contributed by atoms with E-state index in [1.807, 2.05) is 0 Å². The van der Waals surface area contributed by atoms with Crippen LogP contribution in [0.5, 0.6) is 0 Å². The summed E-state index contributed by atoms with van der Waals surface area (Å²) in [5.41, 5.74) is 6.16. The van der Waals surface area contributed by atoms with Gasteiger partial charge in [0.05, 0.1) is 12.2 Å². The van der Waals surface area contributed by atoms with Crippen LogP contribution in [0.4, 0.5) is 0 Å². The van der Waals surface area contributed by atoms with Crippen molar-refractivity contribution in [1.29, 1.82) is 0 Å². The first-order chi connectivity index (χ1) is 9.00. The minimum absolute atomic E-state index is 0.359. The van der Waals surface area contributed by atoms with Crippen LogP contribution in [0.15, 0.2) is 6.07 Å². The highest BCUT2D eigenvalue weighted by Gasteiger charge is 2.20. The van der Waals surface area contributed by atoms with E-state index >= 15 is 0 Å². The van der Waals surface area contributed by atoms with Gasteiger partial charge in [-0.25, -0.2) is 0 Å². The van der Waals surface area contributed by atoms with Crippen LogP contribution >= 0.6 is 0 Å². The average Bonchev–Trinajstić information content (AvgIpc) is 2.87. The molecule has 1 aliphatic heterocycles. The third-order valence-electron chi connectivity index (χ3n) is 4.54. The Morgan fingerprint density at radius 1 is 1.21 bits per heavy atom. The smallest absolute Gasteiger partial charge is 0.0796 e. The van der Waals surface area contributed by atoms with E-state index in [0.29, 0.717) is 6.10 Å². The van der Waals surface area contributed by atoms with Crippen LogP contribution < -0.4 is 0 Å². The van der Waals surface area contributed by atoms with Gasteiger partial charge in [0.25, 0.3) is 0 Å².